The van der Waals surface area contributed by atoms with E-state index in [0.29, 0.717) is 5.56 Å². The zero-order chi connectivity index (χ0) is 14.5. The maximum atomic E-state index is 12.0. The highest BCUT2D eigenvalue weighted by molar-refractivity contribution is 5.95. The summed E-state index contributed by atoms with van der Waals surface area (Å²) in [5.74, 6) is -2.90. The molecule has 2 heterocycles. The van der Waals surface area contributed by atoms with E-state index in [9.17, 15) is 19.5 Å². The first kappa shape index (κ1) is 12.6. The second kappa shape index (κ2) is 4.04. The third-order valence-corrected chi connectivity index (χ3v) is 3.16. The first-order chi connectivity index (χ1) is 9.39. The number of benzene rings is 1. The van der Waals surface area contributed by atoms with Crippen molar-refractivity contribution in [2.45, 2.75) is 25.4 Å². The van der Waals surface area contributed by atoms with E-state index >= 15 is 0 Å². The van der Waals surface area contributed by atoms with Crippen LogP contribution in [-0.4, -0.2) is 28.6 Å². The van der Waals surface area contributed by atoms with Crippen molar-refractivity contribution >= 4 is 17.9 Å². The van der Waals surface area contributed by atoms with E-state index in [4.69, 9.17) is 14.2 Å². The Bertz CT molecular complexity index is 648. The molecule has 20 heavy (non-hydrogen) atoms. The summed E-state index contributed by atoms with van der Waals surface area (Å²) in [6.45, 7) is 1.64. The largest absolute Gasteiger partial charge is 0.422 e. The minimum absolute atomic E-state index is 0.0117. The first-order valence-electron chi connectivity index (χ1n) is 5.89. The van der Waals surface area contributed by atoms with Gasteiger partial charge in [0.2, 0.25) is 5.75 Å². The van der Waals surface area contributed by atoms with Crippen molar-refractivity contribution in [3.63, 3.8) is 0 Å². The third-order valence-electron chi connectivity index (χ3n) is 3.16. The molecular weight excluding hydrogens is 268 g/mol. The van der Waals surface area contributed by atoms with Crippen LogP contribution in [0.3, 0.4) is 0 Å². The second-order valence-corrected chi connectivity index (χ2v) is 4.76. The second-order valence-electron chi connectivity index (χ2n) is 4.76. The number of fused-ring (bicyclic) bond motifs is 2. The van der Waals surface area contributed by atoms with Gasteiger partial charge in [-0.3, -0.25) is 9.59 Å². The number of rotatable bonds is 0. The van der Waals surface area contributed by atoms with Gasteiger partial charge in [-0.1, -0.05) is 6.07 Å². The van der Waals surface area contributed by atoms with Gasteiger partial charge in [0.05, 0.1) is 12.8 Å². The first-order valence-corrected chi connectivity index (χ1v) is 5.89. The maximum absolute atomic E-state index is 12.0. The average molecular weight is 278 g/mol. The van der Waals surface area contributed by atoms with Crippen molar-refractivity contribution in [2.75, 3.05) is 0 Å². The number of esters is 3. The lowest BCUT2D eigenvalue weighted by atomic mass is 9.94. The fraction of sp³-hybridized carbons (Fsp3) is 0.308. The molecule has 1 N–H and O–H groups in total. The highest BCUT2D eigenvalue weighted by atomic mass is 16.6. The summed E-state index contributed by atoms with van der Waals surface area (Å²) in [5, 5.41) is 10.1. The van der Waals surface area contributed by atoms with Crippen molar-refractivity contribution in [3.8, 4) is 17.2 Å². The monoisotopic (exact) mass is 278 g/mol. The molecule has 3 rings (SSSR count). The Labute approximate surface area is 113 Å². The number of aryl methyl sites for hydroxylation is 1. The van der Waals surface area contributed by atoms with Crippen LogP contribution >= 0.6 is 0 Å². The van der Waals surface area contributed by atoms with Crippen molar-refractivity contribution < 1.29 is 33.7 Å². The van der Waals surface area contributed by atoms with Crippen LogP contribution in [0.2, 0.25) is 0 Å². The standard InChI is InChI=1S/C13H10O7/c1-6-2-3-7-11-10(6)19-9(15)5-13(17,12(16)20-11)4-8(14)18-7/h2-3,17H,4-5H2,1H3. The summed E-state index contributed by atoms with van der Waals surface area (Å²) in [4.78, 5) is 35.5. The van der Waals surface area contributed by atoms with E-state index in [1.165, 1.54) is 6.07 Å². The molecule has 7 nitrogen and oxygen atoms in total. The predicted octanol–water partition coefficient (Wildman–Crippen LogP) is 0.250. The Morgan fingerprint density at radius 1 is 1.00 bits per heavy atom. The minimum atomic E-state index is -2.27. The summed E-state index contributed by atoms with van der Waals surface area (Å²) in [6.07, 6.45) is -1.35. The van der Waals surface area contributed by atoms with E-state index in [1.807, 2.05) is 0 Å². The number of hydrogen-bond acceptors (Lipinski definition) is 7. The van der Waals surface area contributed by atoms with E-state index in [2.05, 4.69) is 0 Å². The van der Waals surface area contributed by atoms with Crippen molar-refractivity contribution in [1.29, 1.82) is 0 Å². The molecule has 1 unspecified atom stereocenters. The lowest BCUT2D eigenvalue weighted by molar-refractivity contribution is -0.170. The van der Waals surface area contributed by atoms with Gasteiger partial charge in [0.1, 0.15) is 0 Å². The highest BCUT2D eigenvalue weighted by Crippen LogP contribution is 2.44. The van der Waals surface area contributed by atoms with Gasteiger partial charge in [0, 0.05) is 0 Å². The molecule has 0 aromatic heterocycles. The van der Waals surface area contributed by atoms with E-state index < -0.39 is 36.4 Å². The number of carbonyl (C=O) groups is 3. The third kappa shape index (κ3) is 1.83. The molecule has 0 fully saturated rings. The van der Waals surface area contributed by atoms with E-state index in [-0.39, 0.29) is 17.2 Å². The average Bonchev–Trinajstić information content (AvgIpc) is 2.34. The maximum Gasteiger partial charge on any atom is 0.345 e. The quantitative estimate of drug-likeness (QED) is 0.536. The van der Waals surface area contributed by atoms with Gasteiger partial charge in [0.15, 0.2) is 17.1 Å². The SMILES string of the molecule is Cc1ccc2c3c1OC(=O)CC(O)(CC(=O)O2)C(=O)O3. The van der Waals surface area contributed by atoms with Crippen LogP contribution in [-0.2, 0) is 14.4 Å². The summed E-state index contributed by atoms with van der Waals surface area (Å²) >= 11 is 0. The van der Waals surface area contributed by atoms with Gasteiger partial charge in [-0.15, -0.1) is 0 Å². The molecule has 7 heteroatoms. The molecule has 0 spiro atoms. The van der Waals surface area contributed by atoms with Crippen LogP contribution in [0.4, 0.5) is 0 Å². The van der Waals surface area contributed by atoms with Gasteiger partial charge < -0.3 is 19.3 Å². The Morgan fingerprint density at radius 2 is 1.65 bits per heavy atom. The zero-order valence-electron chi connectivity index (χ0n) is 10.5. The number of ether oxygens (including phenoxy) is 3. The van der Waals surface area contributed by atoms with E-state index in [0.717, 1.165) is 0 Å². The molecule has 0 amide bonds. The molecule has 1 aromatic carbocycles. The van der Waals surface area contributed by atoms with Gasteiger partial charge in [-0.2, -0.15) is 0 Å². The van der Waals surface area contributed by atoms with Crippen LogP contribution in [0.25, 0.3) is 0 Å². The minimum Gasteiger partial charge on any atom is -0.422 e. The van der Waals surface area contributed by atoms with Crippen LogP contribution in [0.1, 0.15) is 18.4 Å². The molecule has 2 aliphatic heterocycles. The number of carbonyl (C=O) groups excluding carboxylic acids is 3. The zero-order valence-corrected chi connectivity index (χ0v) is 10.5. The van der Waals surface area contributed by atoms with E-state index in [1.54, 1.807) is 13.0 Å². The molecular formula is C13H10O7. The highest BCUT2D eigenvalue weighted by Gasteiger charge is 2.47. The summed E-state index contributed by atoms with van der Waals surface area (Å²) in [5.41, 5.74) is -1.74. The van der Waals surface area contributed by atoms with Crippen molar-refractivity contribution in [1.82, 2.24) is 0 Å². The van der Waals surface area contributed by atoms with Crippen molar-refractivity contribution in [2.24, 2.45) is 0 Å². The molecule has 0 radical (unpaired) electrons. The Kier molecular flexibility index (Phi) is 2.55. The molecule has 0 saturated carbocycles. The topological polar surface area (TPSA) is 99.1 Å². The van der Waals surface area contributed by atoms with Crippen LogP contribution in [0, 0.1) is 6.92 Å². The lowest BCUT2D eigenvalue weighted by Crippen LogP contribution is -2.48. The van der Waals surface area contributed by atoms with Gasteiger partial charge in [-0.05, 0) is 18.6 Å². The number of aliphatic hydroxyl groups is 1. The van der Waals surface area contributed by atoms with Crippen LogP contribution in [0.5, 0.6) is 17.2 Å². The molecule has 104 valence electrons. The molecule has 0 saturated heterocycles. The van der Waals surface area contributed by atoms with Gasteiger partial charge in [-0.25, -0.2) is 4.79 Å². The molecule has 2 aliphatic rings. The van der Waals surface area contributed by atoms with Gasteiger partial charge >= 0.3 is 17.9 Å². The van der Waals surface area contributed by atoms with Gasteiger partial charge in [0.25, 0.3) is 0 Å². The molecule has 2 bridgehead atoms. The predicted molar refractivity (Wildman–Crippen MR) is 62.3 cm³/mol. The Morgan fingerprint density at radius 3 is 2.35 bits per heavy atom. The lowest BCUT2D eigenvalue weighted by Gasteiger charge is -2.30. The Hall–Kier alpha value is -2.41. The summed E-state index contributed by atoms with van der Waals surface area (Å²) in [6, 6.07) is 3.00. The summed E-state index contributed by atoms with van der Waals surface area (Å²) < 4.78 is 15.2. The van der Waals surface area contributed by atoms with Crippen molar-refractivity contribution in [3.05, 3.63) is 17.7 Å². The smallest absolute Gasteiger partial charge is 0.345 e. The fourth-order valence-electron chi connectivity index (χ4n) is 2.13. The summed E-state index contributed by atoms with van der Waals surface area (Å²) in [7, 11) is 0. The van der Waals surface area contributed by atoms with Crippen LogP contribution in [0.15, 0.2) is 12.1 Å². The molecule has 1 atom stereocenters. The molecule has 1 aromatic rings. The molecule has 0 aliphatic carbocycles. The Balaban J connectivity index is 2.27. The van der Waals surface area contributed by atoms with Crippen LogP contribution < -0.4 is 14.2 Å². The number of hydrogen-bond donors (Lipinski definition) is 1. The normalized spacial score (nSPS) is 24.8. The fourth-order valence-corrected chi connectivity index (χ4v) is 2.13.